The number of anilines is 1. The third-order valence-electron chi connectivity index (χ3n) is 2.40. The van der Waals surface area contributed by atoms with Crippen molar-refractivity contribution in [2.75, 3.05) is 11.9 Å². The van der Waals surface area contributed by atoms with Gasteiger partial charge in [-0.3, -0.25) is 4.79 Å². The molecule has 19 heavy (non-hydrogen) atoms. The molecule has 1 aromatic rings. The fourth-order valence-electron chi connectivity index (χ4n) is 1.47. The van der Waals surface area contributed by atoms with Crippen LogP contribution in [0.1, 0.15) is 22.3 Å². The maximum atomic E-state index is 11.6. The van der Waals surface area contributed by atoms with E-state index >= 15 is 0 Å². The molecule has 0 fully saturated rings. The molecule has 0 radical (unpaired) electrons. The Balaban J connectivity index is 2.73. The van der Waals surface area contributed by atoms with Gasteiger partial charge in [0.15, 0.2) is 0 Å². The molecule has 0 aromatic heterocycles. The molecule has 1 rings (SSSR count). The number of carboxylic acid groups (broad SMARTS) is 1. The molecular weight excluding hydrogens is 250 g/mol. The third-order valence-corrected chi connectivity index (χ3v) is 2.40. The predicted octanol–water partition coefficient (Wildman–Crippen LogP) is 0.690. The second-order valence-corrected chi connectivity index (χ2v) is 3.90. The summed E-state index contributed by atoms with van der Waals surface area (Å²) in [5.74, 6) is -1.65. The number of primary amides is 1. The van der Waals surface area contributed by atoms with Crippen LogP contribution in [0.5, 0.6) is 0 Å². The van der Waals surface area contributed by atoms with Crippen molar-refractivity contribution in [3.8, 4) is 0 Å². The number of aromatic carboxylic acids is 1. The Hall–Kier alpha value is -2.57. The van der Waals surface area contributed by atoms with Crippen molar-refractivity contribution in [3.05, 3.63) is 29.3 Å². The Bertz CT molecular complexity index is 514. The molecule has 0 saturated carbocycles. The molecule has 0 heterocycles. The van der Waals surface area contributed by atoms with Crippen LogP contribution in [0.25, 0.3) is 0 Å². The molecule has 5 N–H and O–H groups in total. The molecular formula is C12H15N3O4. The van der Waals surface area contributed by atoms with Crippen LogP contribution in [-0.4, -0.2) is 29.6 Å². The van der Waals surface area contributed by atoms with Gasteiger partial charge < -0.3 is 21.5 Å². The molecule has 0 unspecified atom stereocenters. The number of amides is 3. The molecule has 0 spiro atoms. The van der Waals surface area contributed by atoms with Gasteiger partial charge in [0.05, 0.1) is 11.3 Å². The van der Waals surface area contributed by atoms with Crippen LogP contribution in [0.4, 0.5) is 10.5 Å². The van der Waals surface area contributed by atoms with E-state index in [9.17, 15) is 14.4 Å². The van der Waals surface area contributed by atoms with Crippen LogP contribution in [0, 0.1) is 6.92 Å². The lowest BCUT2D eigenvalue weighted by molar-refractivity contribution is -0.117. The van der Waals surface area contributed by atoms with Crippen LogP contribution in [0.3, 0.4) is 0 Å². The Morgan fingerprint density at radius 2 is 2.00 bits per heavy atom. The van der Waals surface area contributed by atoms with Crippen LogP contribution < -0.4 is 16.4 Å². The van der Waals surface area contributed by atoms with E-state index in [2.05, 4.69) is 10.6 Å². The van der Waals surface area contributed by atoms with Crippen molar-refractivity contribution in [2.45, 2.75) is 13.3 Å². The Kier molecular flexibility index (Phi) is 4.87. The standard InChI is InChI=1S/C12H15N3O4/c1-7-3-2-4-8(11(17)18)10(7)15-12(19)14-6-5-9(13)16/h2-4H,5-6H2,1H3,(H2,13,16)(H,17,18)(H2,14,15,19). The zero-order valence-corrected chi connectivity index (χ0v) is 10.4. The summed E-state index contributed by atoms with van der Waals surface area (Å²) in [4.78, 5) is 33.1. The van der Waals surface area contributed by atoms with E-state index in [0.29, 0.717) is 5.56 Å². The lowest BCUT2D eigenvalue weighted by Gasteiger charge is -2.12. The fourth-order valence-corrected chi connectivity index (χ4v) is 1.47. The Labute approximate surface area is 109 Å². The van der Waals surface area contributed by atoms with Crippen LogP contribution >= 0.6 is 0 Å². The maximum Gasteiger partial charge on any atom is 0.337 e. The normalized spacial score (nSPS) is 9.74. The molecule has 3 amide bonds. The zero-order valence-electron chi connectivity index (χ0n) is 10.4. The first-order valence-electron chi connectivity index (χ1n) is 5.58. The summed E-state index contributed by atoms with van der Waals surface area (Å²) in [5, 5.41) is 13.9. The van der Waals surface area contributed by atoms with E-state index in [1.807, 2.05) is 0 Å². The highest BCUT2D eigenvalue weighted by Gasteiger charge is 2.14. The van der Waals surface area contributed by atoms with Crippen LogP contribution in [0.15, 0.2) is 18.2 Å². The van der Waals surface area contributed by atoms with Gasteiger partial charge in [-0.2, -0.15) is 0 Å². The molecule has 0 atom stereocenters. The number of benzene rings is 1. The topological polar surface area (TPSA) is 122 Å². The van der Waals surface area contributed by atoms with Gasteiger partial charge in [0.25, 0.3) is 0 Å². The SMILES string of the molecule is Cc1cccc(C(=O)O)c1NC(=O)NCCC(N)=O. The van der Waals surface area contributed by atoms with Crippen molar-refractivity contribution in [1.29, 1.82) is 0 Å². The van der Waals surface area contributed by atoms with E-state index < -0.39 is 17.9 Å². The number of urea groups is 1. The number of para-hydroxylation sites is 1. The first kappa shape index (κ1) is 14.5. The summed E-state index contributed by atoms with van der Waals surface area (Å²) in [6, 6.07) is 4.09. The second kappa shape index (κ2) is 6.39. The van der Waals surface area contributed by atoms with Crippen molar-refractivity contribution in [3.63, 3.8) is 0 Å². The predicted molar refractivity (Wildman–Crippen MR) is 69.0 cm³/mol. The fraction of sp³-hybridized carbons (Fsp3) is 0.250. The number of rotatable bonds is 5. The van der Waals surface area contributed by atoms with Gasteiger partial charge in [0.1, 0.15) is 0 Å². The highest BCUT2D eigenvalue weighted by atomic mass is 16.4. The number of hydrogen-bond donors (Lipinski definition) is 4. The van der Waals surface area contributed by atoms with Gasteiger partial charge in [-0.25, -0.2) is 9.59 Å². The molecule has 7 nitrogen and oxygen atoms in total. The van der Waals surface area contributed by atoms with Gasteiger partial charge in [0, 0.05) is 13.0 Å². The quantitative estimate of drug-likeness (QED) is 0.625. The van der Waals surface area contributed by atoms with Gasteiger partial charge in [0.2, 0.25) is 5.91 Å². The zero-order chi connectivity index (χ0) is 14.4. The largest absolute Gasteiger partial charge is 0.478 e. The molecule has 1 aromatic carbocycles. The van der Waals surface area contributed by atoms with Crippen molar-refractivity contribution >= 4 is 23.6 Å². The van der Waals surface area contributed by atoms with Crippen LogP contribution in [0.2, 0.25) is 0 Å². The molecule has 0 aliphatic heterocycles. The number of hydrogen-bond acceptors (Lipinski definition) is 3. The minimum Gasteiger partial charge on any atom is -0.478 e. The average Bonchev–Trinajstić information content (AvgIpc) is 2.30. The van der Waals surface area contributed by atoms with Gasteiger partial charge >= 0.3 is 12.0 Å². The van der Waals surface area contributed by atoms with E-state index in [1.165, 1.54) is 6.07 Å². The Morgan fingerprint density at radius 1 is 1.32 bits per heavy atom. The summed E-state index contributed by atoms with van der Waals surface area (Å²) >= 11 is 0. The molecule has 0 aliphatic carbocycles. The molecule has 7 heteroatoms. The summed E-state index contributed by atoms with van der Waals surface area (Å²) in [5.41, 5.74) is 5.79. The van der Waals surface area contributed by atoms with E-state index in [1.54, 1.807) is 19.1 Å². The lowest BCUT2D eigenvalue weighted by atomic mass is 10.1. The van der Waals surface area contributed by atoms with Gasteiger partial charge in [-0.15, -0.1) is 0 Å². The number of nitrogens with one attached hydrogen (secondary N) is 2. The number of aryl methyl sites for hydroxylation is 1. The smallest absolute Gasteiger partial charge is 0.337 e. The molecule has 0 bridgehead atoms. The van der Waals surface area contributed by atoms with Crippen LogP contribution in [-0.2, 0) is 4.79 Å². The average molecular weight is 265 g/mol. The highest BCUT2D eigenvalue weighted by Crippen LogP contribution is 2.20. The molecule has 0 saturated heterocycles. The summed E-state index contributed by atoms with van der Waals surface area (Å²) in [6.07, 6.45) is 0.0208. The number of nitrogens with two attached hydrogens (primary N) is 1. The minimum absolute atomic E-state index is 0.00468. The van der Waals surface area contributed by atoms with E-state index in [0.717, 1.165) is 0 Å². The summed E-state index contributed by atoms with van der Waals surface area (Å²) < 4.78 is 0. The first-order chi connectivity index (χ1) is 8.91. The monoisotopic (exact) mass is 265 g/mol. The second-order valence-electron chi connectivity index (χ2n) is 3.90. The van der Waals surface area contributed by atoms with Crippen molar-refractivity contribution in [2.24, 2.45) is 5.73 Å². The Morgan fingerprint density at radius 3 is 2.58 bits per heavy atom. The van der Waals surface area contributed by atoms with Crippen molar-refractivity contribution in [1.82, 2.24) is 5.32 Å². The van der Waals surface area contributed by atoms with Crippen molar-refractivity contribution < 1.29 is 19.5 Å². The van der Waals surface area contributed by atoms with Gasteiger partial charge in [-0.1, -0.05) is 12.1 Å². The number of carboxylic acids is 1. The lowest BCUT2D eigenvalue weighted by Crippen LogP contribution is -2.32. The van der Waals surface area contributed by atoms with Gasteiger partial charge in [-0.05, 0) is 18.6 Å². The summed E-state index contributed by atoms with van der Waals surface area (Å²) in [6.45, 7) is 1.78. The number of carbonyl (C=O) groups excluding carboxylic acids is 2. The summed E-state index contributed by atoms with van der Waals surface area (Å²) in [7, 11) is 0. The van der Waals surface area contributed by atoms with E-state index in [-0.39, 0.29) is 24.2 Å². The molecule has 0 aliphatic rings. The highest BCUT2D eigenvalue weighted by molar-refractivity contribution is 6.01. The number of carbonyl (C=O) groups is 3. The maximum absolute atomic E-state index is 11.6. The minimum atomic E-state index is -1.13. The molecule has 102 valence electrons. The third kappa shape index (κ3) is 4.30. The van der Waals surface area contributed by atoms with E-state index in [4.69, 9.17) is 10.8 Å². The first-order valence-corrected chi connectivity index (χ1v) is 5.58.